The number of nitrogens with one attached hydrogen (secondary N) is 1. The fraction of sp³-hybridized carbons (Fsp3) is 0.938. The molecule has 1 aliphatic carbocycles. The predicted octanol–water partition coefficient (Wildman–Crippen LogP) is 3.54. The van der Waals surface area contributed by atoms with E-state index in [1.54, 1.807) is 0 Å². The standard InChI is InChI=1S/C16H33N3O.HI/c1-4-20-15(14-7-5-6-8-14)10-12-19-16(17)18-11-9-13(2)3;/h13-15H,4-12H2,1-3H3,(H3,17,18,19);1H. The Bertz CT molecular complexity index is 279. The molecular formula is C16H34IN3O. The fourth-order valence-corrected chi connectivity index (χ4v) is 2.86. The molecule has 126 valence electrons. The summed E-state index contributed by atoms with van der Waals surface area (Å²) in [6.45, 7) is 8.97. The van der Waals surface area contributed by atoms with Crippen LogP contribution < -0.4 is 11.1 Å². The summed E-state index contributed by atoms with van der Waals surface area (Å²) < 4.78 is 5.89. The largest absolute Gasteiger partial charge is 0.378 e. The zero-order chi connectivity index (χ0) is 14.8. The number of nitrogens with zero attached hydrogens (tertiary/aromatic N) is 1. The lowest BCUT2D eigenvalue weighted by Crippen LogP contribution is -2.33. The van der Waals surface area contributed by atoms with Gasteiger partial charge in [-0.1, -0.05) is 26.7 Å². The van der Waals surface area contributed by atoms with E-state index in [-0.39, 0.29) is 24.0 Å². The van der Waals surface area contributed by atoms with Crippen LogP contribution in [0.2, 0.25) is 0 Å². The van der Waals surface area contributed by atoms with Crippen molar-refractivity contribution in [3.63, 3.8) is 0 Å². The molecule has 1 fully saturated rings. The summed E-state index contributed by atoms with van der Waals surface area (Å²) in [6, 6.07) is 0. The lowest BCUT2D eigenvalue weighted by molar-refractivity contribution is 0.0177. The molecule has 0 aliphatic heterocycles. The molecule has 4 nitrogen and oxygen atoms in total. The molecule has 0 aromatic heterocycles. The van der Waals surface area contributed by atoms with E-state index in [0.717, 1.165) is 38.5 Å². The van der Waals surface area contributed by atoms with Crippen molar-refractivity contribution in [1.82, 2.24) is 5.32 Å². The zero-order valence-electron chi connectivity index (χ0n) is 13.9. The van der Waals surface area contributed by atoms with E-state index in [1.165, 1.54) is 25.7 Å². The highest BCUT2D eigenvalue weighted by Crippen LogP contribution is 2.30. The first-order valence-corrected chi connectivity index (χ1v) is 8.28. The number of aliphatic imine (C=N–C) groups is 1. The van der Waals surface area contributed by atoms with Gasteiger partial charge in [0.2, 0.25) is 0 Å². The van der Waals surface area contributed by atoms with Gasteiger partial charge in [0.1, 0.15) is 0 Å². The van der Waals surface area contributed by atoms with Crippen LogP contribution in [0.4, 0.5) is 0 Å². The number of hydrogen-bond donors (Lipinski definition) is 2. The van der Waals surface area contributed by atoms with E-state index in [9.17, 15) is 0 Å². The Morgan fingerprint density at radius 2 is 1.95 bits per heavy atom. The fourth-order valence-electron chi connectivity index (χ4n) is 2.86. The molecule has 1 aliphatic rings. The number of guanidine groups is 1. The third-order valence-corrected chi connectivity index (χ3v) is 4.03. The molecule has 0 saturated heterocycles. The average molecular weight is 411 g/mol. The van der Waals surface area contributed by atoms with E-state index < -0.39 is 0 Å². The number of ether oxygens (including phenoxy) is 1. The van der Waals surface area contributed by atoms with Gasteiger partial charge in [-0.2, -0.15) is 0 Å². The summed E-state index contributed by atoms with van der Waals surface area (Å²) in [5.74, 6) is 2.01. The van der Waals surface area contributed by atoms with Crippen LogP contribution in [0.3, 0.4) is 0 Å². The zero-order valence-corrected chi connectivity index (χ0v) is 16.3. The summed E-state index contributed by atoms with van der Waals surface area (Å²) in [5, 5.41) is 3.18. The Kier molecular flexibility index (Phi) is 12.5. The molecule has 1 unspecified atom stereocenters. The van der Waals surface area contributed by atoms with Crippen molar-refractivity contribution in [2.45, 2.75) is 65.4 Å². The number of halogens is 1. The van der Waals surface area contributed by atoms with Crippen LogP contribution in [-0.4, -0.2) is 31.8 Å². The van der Waals surface area contributed by atoms with Crippen molar-refractivity contribution < 1.29 is 4.74 Å². The van der Waals surface area contributed by atoms with Crippen LogP contribution in [-0.2, 0) is 4.74 Å². The van der Waals surface area contributed by atoms with Crippen molar-refractivity contribution in [1.29, 1.82) is 0 Å². The Morgan fingerprint density at radius 1 is 1.29 bits per heavy atom. The Morgan fingerprint density at radius 3 is 2.52 bits per heavy atom. The van der Waals surface area contributed by atoms with Gasteiger partial charge in [-0.3, -0.25) is 4.99 Å². The Labute approximate surface area is 147 Å². The molecule has 1 rings (SSSR count). The summed E-state index contributed by atoms with van der Waals surface area (Å²) in [7, 11) is 0. The van der Waals surface area contributed by atoms with Crippen LogP contribution in [0.25, 0.3) is 0 Å². The number of hydrogen-bond acceptors (Lipinski definition) is 2. The van der Waals surface area contributed by atoms with Gasteiger partial charge in [-0.25, -0.2) is 0 Å². The molecule has 0 heterocycles. The van der Waals surface area contributed by atoms with E-state index in [4.69, 9.17) is 10.5 Å². The molecule has 0 radical (unpaired) electrons. The highest BCUT2D eigenvalue weighted by atomic mass is 127. The minimum Gasteiger partial charge on any atom is -0.378 e. The average Bonchev–Trinajstić information content (AvgIpc) is 2.91. The molecule has 1 atom stereocenters. The molecule has 0 aromatic carbocycles. The van der Waals surface area contributed by atoms with E-state index >= 15 is 0 Å². The second-order valence-corrected chi connectivity index (χ2v) is 6.20. The molecule has 1 saturated carbocycles. The van der Waals surface area contributed by atoms with Crippen LogP contribution in [0.5, 0.6) is 0 Å². The number of nitrogens with two attached hydrogens (primary N) is 1. The van der Waals surface area contributed by atoms with Crippen molar-refractivity contribution in [3.8, 4) is 0 Å². The molecule has 0 aromatic rings. The maximum atomic E-state index is 5.89. The summed E-state index contributed by atoms with van der Waals surface area (Å²) in [4.78, 5) is 4.42. The van der Waals surface area contributed by atoms with Crippen LogP contribution in [0.15, 0.2) is 4.99 Å². The van der Waals surface area contributed by atoms with Gasteiger partial charge in [0, 0.05) is 19.7 Å². The maximum Gasteiger partial charge on any atom is 0.188 e. The maximum absolute atomic E-state index is 5.89. The van der Waals surface area contributed by atoms with Gasteiger partial charge in [-0.05, 0) is 44.4 Å². The van der Waals surface area contributed by atoms with E-state index in [0.29, 0.717) is 18.0 Å². The summed E-state index contributed by atoms with van der Waals surface area (Å²) in [6.07, 6.45) is 7.83. The van der Waals surface area contributed by atoms with Crippen LogP contribution >= 0.6 is 24.0 Å². The second kappa shape index (κ2) is 12.5. The van der Waals surface area contributed by atoms with Gasteiger partial charge >= 0.3 is 0 Å². The van der Waals surface area contributed by atoms with Gasteiger partial charge in [0.15, 0.2) is 5.96 Å². The van der Waals surface area contributed by atoms with Crippen molar-refractivity contribution in [3.05, 3.63) is 0 Å². The summed E-state index contributed by atoms with van der Waals surface area (Å²) in [5.41, 5.74) is 5.87. The first kappa shape index (κ1) is 21.0. The minimum atomic E-state index is 0. The van der Waals surface area contributed by atoms with Gasteiger partial charge < -0.3 is 15.8 Å². The molecule has 5 heteroatoms. The molecular weight excluding hydrogens is 377 g/mol. The van der Waals surface area contributed by atoms with Crippen molar-refractivity contribution in [2.24, 2.45) is 22.6 Å². The first-order chi connectivity index (χ1) is 9.63. The normalized spacial score (nSPS) is 17.8. The van der Waals surface area contributed by atoms with Gasteiger partial charge in [0.05, 0.1) is 6.10 Å². The quantitative estimate of drug-likeness (QED) is 0.347. The topological polar surface area (TPSA) is 59.6 Å². The van der Waals surface area contributed by atoms with E-state index in [2.05, 4.69) is 31.1 Å². The van der Waals surface area contributed by atoms with Gasteiger partial charge in [-0.15, -0.1) is 24.0 Å². The second-order valence-electron chi connectivity index (χ2n) is 6.20. The monoisotopic (exact) mass is 411 g/mol. The lowest BCUT2D eigenvalue weighted by atomic mass is 9.98. The van der Waals surface area contributed by atoms with Crippen molar-refractivity contribution >= 4 is 29.9 Å². The highest BCUT2D eigenvalue weighted by molar-refractivity contribution is 14.0. The summed E-state index contributed by atoms with van der Waals surface area (Å²) >= 11 is 0. The Balaban J connectivity index is 0.00000400. The molecule has 0 spiro atoms. The molecule has 0 amide bonds. The number of rotatable bonds is 9. The molecule has 3 N–H and O–H groups in total. The smallest absolute Gasteiger partial charge is 0.188 e. The predicted molar refractivity (Wildman–Crippen MR) is 101 cm³/mol. The lowest BCUT2D eigenvalue weighted by Gasteiger charge is -2.22. The third-order valence-electron chi connectivity index (χ3n) is 4.03. The Hall–Kier alpha value is -0.0400. The molecule has 0 bridgehead atoms. The van der Waals surface area contributed by atoms with Gasteiger partial charge in [0.25, 0.3) is 0 Å². The van der Waals surface area contributed by atoms with Crippen molar-refractivity contribution in [2.75, 3.05) is 19.7 Å². The van der Waals surface area contributed by atoms with E-state index in [1.807, 2.05) is 0 Å². The van der Waals surface area contributed by atoms with Crippen LogP contribution in [0, 0.1) is 11.8 Å². The highest BCUT2D eigenvalue weighted by Gasteiger charge is 2.24. The third kappa shape index (κ3) is 9.55. The SMILES string of the molecule is CCOC(CCN=C(N)NCCC(C)C)C1CCCC1.I. The minimum absolute atomic E-state index is 0. The van der Waals surface area contributed by atoms with Crippen LogP contribution in [0.1, 0.15) is 59.3 Å². The first-order valence-electron chi connectivity index (χ1n) is 8.28. The molecule has 21 heavy (non-hydrogen) atoms.